The van der Waals surface area contributed by atoms with Gasteiger partial charge in [0.1, 0.15) is 17.2 Å². The van der Waals surface area contributed by atoms with E-state index in [1.54, 1.807) is 52.8 Å². The quantitative estimate of drug-likeness (QED) is 0.445. The lowest BCUT2D eigenvalue weighted by Crippen LogP contribution is -2.34. The Hall–Kier alpha value is -3.55. The number of carbonyl (C=O) groups excluding carboxylic acids is 2. The van der Waals surface area contributed by atoms with E-state index in [1.807, 2.05) is 6.92 Å². The molecular weight excluding hydrogens is 442 g/mol. The van der Waals surface area contributed by atoms with Crippen molar-refractivity contribution in [2.45, 2.75) is 53.2 Å². The number of nitrogens with one attached hydrogen (secondary N) is 1. The van der Waals surface area contributed by atoms with Gasteiger partial charge < -0.3 is 14.8 Å². The summed E-state index contributed by atoms with van der Waals surface area (Å²) in [4.78, 5) is 29.6. The molecule has 0 aliphatic rings. The van der Waals surface area contributed by atoms with Crippen molar-refractivity contribution in [2.24, 2.45) is 0 Å². The van der Waals surface area contributed by atoms with Gasteiger partial charge in [-0.25, -0.2) is 18.6 Å². The zero-order chi connectivity index (χ0) is 25.2. The minimum absolute atomic E-state index is 0.134. The minimum atomic E-state index is -1.02. The van der Waals surface area contributed by atoms with Crippen molar-refractivity contribution in [3.8, 4) is 5.88 Å². The third kappa shape index (κ3) is 5.50. The summed E-state index contributed by atoms with van der Waals surface area (Å²) in [6.07, 6.45) is -0.717. The number of rotatable bonds is 6. The van der Waals surface area contributed by atoms with Gasteiger partial charge in [-0.15, -0.1) is 0 Å². The van der Waals surface area contributed by atoms with Crippen molar-refractivity contribution in [2.75, 3.05) is 6.61 Å². The third-order valence-corrected chi connectivity index (χ3v) is 5.02. The van der Waals surface area contributed by atoms with Gasteiger partial charge in [-0.3, -0.25) is 4.79 Å². The summed E-state index contributed by atoms with van der Waals surface area (Å²) >= 11 is 0. The van der Waals surface area contributed by atoms with Crippen molar-refractivity contribution in [1.29, 1.82) is 0 Å². The van der Waals surface area contributed by atoms with Gasteiger partial charge in [0.2, 0.25) is 5.88 Å². The van der Waals surface area contributed by atoms with E-state index in [0.717, 1.165) is 12.1 Å². The molecule has 8 heteroatoms. The molecule has 0 aliphatic heterocycles. The maximum atomic E-state index is 15.1. The highest BCUT2D eigenvalue weighted by molar-refractivity contribution is 6.17. The number of ketones is 1. The molecule has 34 heavy (non-hydrogen) atoms. The average molecular weight is 471 g/mol. The van der Waals surface area contributed by atoms with E-state index in [4.69, 9.17) is 9.47 Å². The van der Waals surface area contributed by atoms with Crippen molar-refractivity contribution in [1.82, 2.24) is 10.3 Å². The van der Waals surface area contributed by atoms with Gasteiger partial charge in [0.05, 0.1) is 18.2 Å². The lowest BCUT2D eigenvalue weighted by molar-refractivity contribution is 0.0507. The monoisotopic (exact) mass is 470 g/mol. The number of hydrogen-bond acceptors (Lipinski definition) is 5. The molecule has 1 amide bonds. The molecule has 1 N–H and O–H groups in total. The van der Waals surface area contributed by atoms with Gasteiger partial charge in [0.25, 0.3) is 0 Å². The van der Waals surface area contributed by atoms with Crippen LogP contribution in [0.15, 0.2) is 36.4 Å². The second kappa shape index (κ2) is 9.75. The number of pyridine rings is 1. The summed E-state index contributed by atoms with van der Waals surface area (Å²) in [5.41, 5.74) is -0.489. The van der Waals surface area contributed by atoms with Gasteiger partial charge in [-0.1, -0.05) is 12.1 Å². The van der Waals surface area contributed by atoms with Crippen molar-refractivity contribution in [3.63, 3.8) is 0 Å². The molecule has 0 bridgehead atoms. The molecule has 3 rings (SSSR count). The fraction of sp³-hybridized carbons (Fsp3) is 0.346. The van der Waals surface area contributed by atoms with Gasteiger partial charge in [-0.05, 0) is 71.4 Å². The van der Waals surface area contributed by atoms with Crippen LogP contribution >= 0.6 is 0 Å². The summed E-state index contributed by atoms with van der Waals surface area (Å²) in [5, 5.41) is 3.60. The second-order valence-corrected chi connectivity index (χ2v) is 8.96. The summed E-state index contributed by atoms with van der Waals surface area (Å²) in [6.45, 7) is 10.6. The number of aromatic nitrogens is 1. The zero-order valence-corrected chi connectivity index (χ0v) is 20.1. The highest BCUT2D eigenvalue weighted by Gasteiger charge is 2.25. The molecule has 0 saturated carbocycles. The van der Waals surface area contributed by atoms with E-state index >= 15 is 8.78 Å². The Morgan fingerprint density at radius 3 is 2.32 bits per heavy atom. The van der Waals surface area contributed by atoms with E-state index in [2.05, 4.69) is 10.3 Å². The van der Waals surface area contributed by atoms with E-state index in [1.165, 1.54) is 6.07 Å². The molecule has 0 saturated heterocycles. The first-order chi connectivity index (χ1) is 15.9. The topological polar surface area (TPSA) is 77.5 Å². The van der Waals surface area contributed by atoms with Gasteiger partial charge in [0.15, 0.2) is 5.78 Å². The Morgan fingerprint density at radius 2 is 1.74 bits per heavy atom. The van der Waals surface area contributed by atoms with Crippen LogP contribution in [0.3, 0.4) is 0 Å². The predicted octanol–water partition coefficient (Wildman–Crippen LogP) is 6.04. The van der Waals surface area contributed by atoms with Crippen LogP contribution < -0.4 is 10.1 Å². The van der Waals surface area contributed by atoms with Gasteiger partial charge in [0, 0.05) is 22.0 Å². The fourth-order valence-electron chi connectivity index (χ4n) is 3.58. The van der Waals surface area contributed by atoms with Crippen LogP contribution in [0.25, 0.3) is 10.8 Å². The van der Waals surface area contributed by atoms with Crippen LogP contribution in [-0.4, -0.2) is 29.1 Å². The number of ether oxygens (including phenoxy) is 2. The molecular formula is C26H28F2N2O4. The Kier molecular flexibility index (Phi) is 7.19. The molecule has 3 aromatic rings. The summed E-state index contributed by atoms with van der Waals surface area (Å²) in [5.74, 6) is -2.49. The van der Waals surface area contributed by atoms with E-state index in [0.29, 0.717) is 29.0 Å². The van der Waals surface area contributed by atoms with Crippen LogP contribution in [-0.2, 0) is 4.74 Å². The van der Waals surface area contributed by atoms with Gasteiger partial charge >= 0.3 is 6.09 Å². The number of fused-ring (bicyclic) bond motifs is 1. The summed E-state index contributed by atoms with van der Waals surface area (Å²) < 4.78 is 40.9. The lowest BCUT2D eigenvalue weighted by atomic mass is 9.95. The number of aryl methyl sites for hydroxylation is 1. The molecule has 180 valence electrons. The molecule has 0 radical (unpaired) electrons. The maximum absolute atomic E-state index is 15.1. The molecule has 6 nitrogen and oxygen atoms in total. The molecule has 0 fully saturated rings. The fourth-order valence-corrected chi connectivity index (χ4v) is 3.58. The van der Waals surface area contributed by atoms with Gasteiger partial charge in [-0.2, -0.15) is 0 Å². The molecule has 1 heterocycles. The largest absolute Gasteiger partial charge is 0.478 e. The van der Waals surface area contributed by atoms with Crippen LogP contribution in [0.5, 0.6) is 5.88 Å². The Bertz CT molecular complexity index is 1230. The molecule has 0 spiro atoms. The molecule has 1 aromatic heterocycles. The first-order valence-electron chi connectivity index (χ1n) is 11.0. The first kappa shape index (κ1) is 25.1. The molecule has 1 atom stereocenters. The smallest absolute Gasteiger partial charge is 0.408 e. The highest BCUT2D eigenvalue weighted by Crippen LogP contribution is 2.30. The van der Waals surface area contributed by atoms with Crippen molar-refractivity contribution in [3.05, 3.63) is 70.4 Å². The normalized spacial score (nSPS) is 12.4. The number of halogens is 2. The van der Waals surface area contributed by atoms with E-state index in [9.17, 15) is 9.59 Å². The summed E-state index contributed by atoms with van der Waals surface area (Å²) in [7, 11) is 0. The van der Waals surface area contributed by atoms with Crippen LogP contribution in [0, 0.1) is 18.6 Å². The van der Waals surface area contributed by atoms with Crippen molar-refractivity contribution < 1.29 is 27.8 Å². The first-order valence-corrected chi connectivity index (χ1v) is 11.0. The van der Waals surface area contributed by atoms with Crippen LogP contribution in [0.2, 0.25) is 0 Å². The Labute approximate surface area is 197 Å². The number of benzene rings is 2. The average Bonchev–Trinajstić information content (AvgIpc) is 2.71. The maximum Gasteiger partial charge on any atom is 0.408 e. The Balaban J connectivity index is 1.98. The number of amides is 1. The van der Waals surface area contributed by atoms with Crippen molar-refractivity contribution >= 4 is 22.6 Å². The van der Waals surface area contributed by atoms with Crippen LogP contribution in [0.4, 0.5) is 13.6 Å². The highest BCUT2D eigenvalue weighted by atomic mass is 19.1. The number of carbonyl (C=O) groups is 2. The Morgan fingerprint density at radius 1 is 1.09 bits per heavy atom. The summed E-state index contributed by atoms with van der Waals surface area (Å²) in [6, 6.07) is 7.89. The minimum Gasteiger partial charge on any atom is -0.478 e. The number of nitrogens with zero attached hydrogens (tertiary/aromatic N) is 1. The second-order valence-electron chi connectivity index (χ2n) is 8.96. The predicted molar refractivity (Wildman–Crippen MR) is 125 cm³/mol. The molecule has 0 aliphatic carbocycles. The van der Waals surface area contributed by atoms with E-state index in [-0.39, 0.29) is 11.1 Å². The van der Waals surface area contributed by atoms with E-state index < -0.39 is 40.7 Å². The molecule has 0 unspecified atom stereocenters. The zero-order valence-electron chi connectivity index (χ0n) is 20.1. The standard InChI is InChI=1S/C26H28F2N2O4/c1-7-33-24-18-10-8-9-17(19(18)11-14(2)29-24)23(31)22-20(27)12-16(13-21(22)28)15(3)30-25(32)34-26(4,5)6/h8-13,15H,7H2,1-6H3,(H,30,32)/t15-/m1/s1. The number of hydrogen-bond donors (Lipinski definition) is 1. The third-order valence-electron chi connectivity index (χ3n) is 5.02. The van der Waals surface area contributed by atoms with Crippen LogP contribution in [0.1, 0.15) is 67.8 Å². The molecule has 2 aromatic carbocycles. The number of alkyl carbamates (subject to hydrolysis) is 1. The lowest BCUT2D eigenvalue weighted by Gasteiger charge is -2.22. The SMILES string of the molecule is CCOc1nc(C)cc2c(C(=O)c3c(F)cc([C@@H](C)NC(=O)OC(C)(C)C)cc3F)cccc12.